The molecule has 3 heterocycles. The summed E-state index contributed by atoms with van der Waals surface area (Å²) in [5, 5.41) is 0. The van der Waals surface area contributed by atoms with Gasteiger partial charge in [0, 0.05) is 58.2 Å². The molecule has 0 radical (unpaired) electrons. The molecule has 0 bridgehead atoms. The minimum Gasteiger partial charge on any atom is -0.450 e. The molecule has 188 valence electrons. The molecule has 1 aromatic carbocycles. The van der Waals surface area contributed by atoms with Crippen molar-refractivity contribution >= 4 is 28.9 Å². The number of aromatic nitrogens is 2. The molecule has 1 N–H and O–H groups in total. The molecule has 2 saturated heterocycles. The molecular formula is C25H33N5O5. The van der Waals surface area contributed by atoms with Gasteiger partial charge in [-0.05, 0) is 43.7 Å². The summed E-state index contributed by atoms with van der Waals surface area (Å²) in [6.07, 6.45) is 2.53. The topological polar surface area (TPSA) is 108 Å². The van der Waals surface area contributed by atoms with E-state index in [-0.39, 0.29) is 41.4 Å². The normalized spacial score (nSPS) is 21.4. The molecule has 2 aliphatic heterocycles. The predicted octanol–water partition coefficient (Wildman–Crippen LogP) is 1.65. The molecule has 10 nitrogen and oxygen atoms in total. The number of benzene rings is 1. The van der Waals surface area contributed by atoms with Gasteiger partial charge in [0.1, 0.15) is 0 Å². The second-order valence-corrected chi connectivity index (χ2v) is 9.86. The maximum absolute atomic E-state index is 13.1. The van der Waals surface area contributed by atoms with Crippen LogP contribution in [0.3, 0.4) is 0 Å². The third-order valence-corrected chi connectivity index (χ3v) is 7.95. The van der Waals surface area contributed by atoms with E-state index in [1.54, 1.807) is 16.4 Å². The van der Waals surface area contributed by atoms with Crippen molar-refractivity contribution < 1.29 is 19.1 Å². The molecule has 2 aromatic rings. The van der Waals surface area contributed by atoms with Crippen molar-refractivity contribution in [2.75, 3.05) is 45.9 Å². The third kappa shape index (κ3) is 4.53. The van der Waals surface area contributed by atoms with Crippen LogP contribution >= 0.6 is 0 Å². The van der Waals surface area contributed by atoms with Gasteiger partial charge in [0.05, 0.1) is 17.6 Å². The Morgan fingerprint density at radius 1 is 1.00 bits per heavy atom. The first-order valence-electron chi connectivity index (χ1n) is 12.6. The zero-order valence-electron chi connectivity index (χ0n) is 20.2. The number of hydrogen-bond acceptors (Lipinski definition) is 5. The summed E-state index contributed by atoms with van der Waals surface area (Å²) < 4.78 is 6.67. The summed E-state index contributed by atoms with van der Waals surface area (Å²) in [6.45, 7) is 5.90. The number of hydrogen-bond donors (Lipinski definition) is 1. The van der Waals surface area contributed by atoms with Gasteiger partial charge in [-0.15, -0.1) is 0 Å². The number of H-pyrrole nitrogens is 1. The molecule has 35 heavy (non-hydrogen) atoms. The number of fused-ring (bicyclic) bond motifs is 1. The first kappa shape index (κ1) is 23.4. The van der Waals surface area contributed by atoms with Crippen LogP contribution in [0.2, 0.25) is 0 Å². The number of para-hydroxylation sites is 2. The molecule has 0 unspecified atom stereocenters. The fraction of sp³-hybridized carbons (Fsp3) is 0.600. The second kappa shape index (κ2) is 9.39. The first-order valence-corrected chi connectivity index (χ1v) is 12.6. The summed E-state index contributed by atoms with van der Waals surface area (Å²) >= 11 is 0. The molecular weight excluding hydrogens is 450 g/mol. The van der Waals surface area contributed by atoms with Crippen LogP contribution in [0.5, 0.6) is 0 Å². The molecule has 1 spiro atoms. The predicted molar refractivity (Wildman–Crippen MR) is 129 cm³/mol. The summed E-state index contributed by atoms with van der Waals surface area (Å²) in [5.74, 6) is 0.265. The molecule has 5 rings (SSSR count). The quantitative estimate of drug-likeness (QED) is 0.696. The Hall–Kier alpha value is -3.30. The summed E-state index contributed by atoms with van der Waals surface area (Å²) in [4.78, 5) is 58.3. The third-order valence-electron chi connectivity index (χ3n) is 7.95. The lowest BCUT2D eigenvalue weighted by molar-refractivity contribution is -0.136. The van der Waals surface area contributed by atoms with E-state index in [1.807, 2.05) is 34.1 Å². The number of imidazole rings is 1. The standard InChI is InChI=1S/C25H33N5O5/c1-2-35-24(34)29-15-13-28(14-16-29)22(32)18-17-25(18)8-11-27(12-9-25)21(31)7-10-30-20-6-4-3-5-19(20)26-23(30)33/h3-6,18H,2,7-17H2,1H3,(H,26,33)/t18-/m1/s1. The van der Waals surface area contributed by atoms with Crippen LogP contribution in [0, 0.1) is 11.3 Å². The van der Waals surface area contributed by atoms with Crippen LogP contribution in [0.4, 0.5) is 4.79 Å². The number of aromatic amines is 1. The van der Waals surface area contributed by atoms with Gasteiger partial charge in [-0.1, -0.05) is 12.1 Å². The summed E-state index contributed by atoms with van der Waals surface area (Å²) in [5.41, 5.74) is 1.40. The monoisotopic (exact) mass is 483 g/mol. The molecule has 1 saturated carbocycles. The van der Waals surface area contributed by atoms with E-state index in [9.17, 15) is 19.2 Å². The smallest absolute Gasteiger partial charge is 0.409 e. The Morgan fingerprint density at radius 3 is 2.40 bits per heavy atom. The number of amides is 3. The maximum Gasteiger partial charge on any atom is 0.409 e. The van der Waals surface area contributed by atoms with Gasteiger partial charge < -0.3 is 24.4 Å². The van der Waals surface area contributed by atoms with Gasteiger partial charge >= 0.3 is 11.8 Å². The Bertz CT molecular complexity index is 1170. The number of rotatable bonds is 5. The summed E-state index contributed by atoms with van der Waals surface area (Å²) in [6, 6.07) is 7.48. The van der Waals surface area contributed by atoms with Gasteiger partial charge in [-0.3, -0.25) is 14.2 Å². The van der Waals surface area contributed by atoms with E-state index in [4.69, 9.17) is 4.74 Å². The minimum atomic E-state index is -0.311. The van der Waals surface area contributed by atoms with Gasteiger partial charge in [0.25, 0.3) is 0 Å². The van der Waals surface area contributed by atoms with Gasteiger partial charge in [0.15, 0.2) is 0 Å². The zero-order chi connectivity index (χ0) is 24.6. The molecule has 1 atom stereocenters. The zero-order valence-corrected chi connectivity index (χ0v) is 20.2. The lowest BCUT2D eigenvalue weighted by Gasteiger charge is -2.36. The molecule has 1 aliphatic carbocycles. The maximum atomic E-state index is 13.1. The largest absolute Gasteiger partial charge is 0.450 e. The van der Waals surface area contributed by atoms with E-state index in [1.165, 1.54) is 0 Å². The fourth-order valence-electron chi connectivity index (χ4n) is 5.69. The summed E-state index contributed by atoms with van der Waals surface area (Å²) in [7, 11) is 0. The van der Waals surface area contributed by atoms with E-state index in [0.717, 1.165) is 30.3 Å². The number of aryl methyl sites for hydroxylation is 1. The Balaban J connectivity index is 1.09. The number of ether oxygens (including phenoxy) is 1. The highest BCUT2D eigenvalue weighted by Gasteiger charge is 2.59. The number of nitrogens with one attached hydrogen (secondary N) is 1. The minimum absolute atomic E-state index is 0.0138. The van der Waals surface area contributed by atoms with Crippen molar-refractivity contribution in [3.05, 3.63) is 34.7 Å². The molecule has 3 fully saturated rings. The van der Waals surface area contributed by atoms with Crippen molar-refractivity contribution in [1.29, 1.82) is 0 Å². The van der Waals surface area contributed by atoms with Crippen LogP contribution in [0.25, 0.3) is 11.0 Å². The van der Waals surface area contributed by atoms with Crippen molar-refractivity contribution in [2.24, 2.45) is 11.3 Å². The fourth-order valence-corrected chi connectivity index (χ4v) is 5.69. The number of piperazine rings is 1. The second-order valence-electron chi connectivity index (χ2n) is 9.86. The van der Waals surface area contributed by atoms with E-state index < -0.39 is 0 Å². The van der Waals surface area contributed by atoms with Crippen LogP contribution in [0.1, 0.15) is 32.6 Å². The van der Waals surface area contributed by atoms with E-state index in [2.05, 4.69) is 4.98 Å². The number of likely N-dealkylation sites (tertiary alicyclic amines) is 1. The van der Waals surface area contributed by atoms with Crippen molar-refractivity contribution in [3.63, 3.8) is 0 Å². The van der Waals surface area contributed by atoms with Gasteiger partial charge in [-0.25, -0.2) is 9.59 Å². The van der Waals surface area contributed by atoms with E-state index >= 15 is 0 Å². The SMILES string of the molecule is CCOC(=O)N1CCN(C(=O)[C@H]2CC23CCN(C(=O)CCn2c(=O)[nH]c4ccccc42)CC3)CC1. The number of carbonyl (C=O) groups excluding carboxylic acids is 3. The Morgan fingerprint density at radius 2 is 1.69 bits per heavy atom. The average molecular weight is 484 g/mol. The molecule has 1 aromatic heterocycles. The highest BCUT2D eigenvalue weighted by molar-refractivity contribution is 5.83. The number of carbonyl (C=O) groups is 3. The number of nitrogens with zero attached hydrogens (tertiary/aromatic N) is 4. The van der Waals surface area contributed by atoms with Crippen LogP contribution in [0.15, 0.2) is 29.1 Å². The van der Waals surface area contributed by atoms with Gasteiger partial charge in [-0.2, -0.15) is 0 Å². The highest BCUT2D eigenvalue weighted by Crippen LogP contribution is 2.60. The van der Waals surface area contributed by atoms with Crippen molar-refractivity contribution in [1.82, 2.24) is 24.3 Å². The lowest BCUT2D eigenvalue weighted by atomic mass is 9.90. The van der Waals surface area contributed by atoms with Gasteiger partial charge in [0.2, 0.25) is 11.8 Å². The molecule has 10 heteroatoms. The van der Waals surface area contributed by atoms with Crippen LogP contribution in [-0.4, -0.2) is 88.0 Å². The highest BCUT2D eigenvalue weighted by atomic mass is 16.6. The lowest BCUT2D eigenvalue weighted by Crippen LogP contribution is -2.51. The average Bonchev–Trinajstić information content (AvgIpc) is 3.47. The Labute approximate surface area is 203 Å². The molecule has 3 aliphatic rings. The van der Waals surface area contributed by atoms with Crippen LogP contribution < -0.4 is 5.69 Å². The van der Waals surface area contributed by atoms with Crippen LogP contribution in [-0.2, 0) is 20.9 Å². The molecule has 3 amide bonds. The van der Waals surface area contributed by atoms with E-state index in [0.29, 0.717) is 52.4 Å². The van der Waals surface area contributed by atoms with Crippen molar-refractivity contribution in [2.45, 2.75) is 39.2 Å². The first-order chi connectivity index (χ1) is 16.9. The number of piperidine rings is 1. The Kier molecular flexibility index (Phi) is 6.29. The van der Waals surface area contributed by atoms with Crippen molar-refractivity contribution in [3.8, 4) is 0 Å².